The van der Waals surface area contributed by atoms with Crippen molar-refractivity contribution in [3.63, 3.8) is 0 Å². The molecular weight excluding hydrogens is 521 g/mol. The third kappa shape index (κ3) is 4.83. The Hall–Kier alpha value is -2.54. The number of ether oxygens (including phenoxy) is 2. The SMILES string of the molecule is CC(C)(C)OC(=O)c1ccc(N2CC3CCC2(OCc2c(C4CC4)cnn2-c2c(Cl)cccc2Cl)C3)cc1. The standard InChI is InChI=1S/C30H33Cl2N3O3/c1-29(2,3)38-28(36)21-9-11-22(12-10-21)34-17-19-13-14-30(34,15-19)37-18-26-23(20-7-8-20)16-33-35(26)27-24(31)5-4-6-25(27)32/h4-6,9-12,16,19-20H,7-8,13-15,17-18H2,1-3H3. The quantitative estimate of drug-likeness (QED) is 0.283. The molecule has 2 aromatic carbocycles. The fourth-order valence-corrected chi connectivity index (χ4v) is 6.49. The van der Waals surface area contributed by atoms with E-state index >= 15 is 0 Å². The first-order chi connectivity index (χ1) is 18.1. The molecule has 8 heteroatoms. The Bertz CT molecular complexity index is 1340. The molecular formula is C30H33Cl2N3O3. The topological polar surface area (TPSA) is 56.6 Å². The number of fused-ring (bicyclic) bond motifs is 2. The Morgan fingerprint density at radius 1 is 1.08 bits per heavy atom. The number of hydrogen-bond donors (Lipinski definition) is 0. The van der Waals surface area contributed by atoms with Gasteiger partial charge in [0.05, 0.1) is 34.1 Å². The lowest BCUT2D eigenvalue weighted by atomic mass is 10.1. The minimum absolute atomic E-state index is 0.308. The number of anilines is 1. The summed E-state index contributed by atoms with van der Waals surface area (Å²) in [6.45, 7) is 6.99. The second-order valence-electron chi connectivity index (χ2n) is 11.8. The molecule has 2 bridgehead atoms. The molecule has 1 aromatic heterocycles. The summed E-state index contributed by atoms with van der Waals surface area (Å²) < 4.78 is 14.3. The molecule has 3 aromatic rings. The van der Waals surface area contributed by atoms with Crippen LogP contribution < -0.4 is 4.90 Å². The molecule has 1 aliphatic heterocycles. The molecule has 6 rings (SSSR count). The number of esters is 1. The predicted molar refractivity (Wildman–Crippen MR) is 149 cm³/mol. The summed E-state index contributed by atoms with van der Waals surface area (Å²) in [7, 11) is 0. The maximum atomic E-state index is 12.5. The van der Waals surface area contributed by atoms with Gasteiger partial charge in [0.2, 0.25) is 0 Å². The first kappa shape index (κ1) is 25.7. The molecule has 2 atom stereocenters. The van der Waals surface area contributed by atoms with E-state index in [0.717, 1.165) is 50.0 Å². The normalized spacial score (nSPS) is 22.8. The van der Waals surface area contributed by atoms with Gasteiger partial charge in [0.25, 0.3) is 0 Å². The Morgan fingerprint density at radius 2 is 1.79 bits per heavy atom. The lowest BCUT2D eigenvalue weighted by Gasteiger charge is -2.40. The summed E-state index contributed by atoms with van der Waals surface area (Å²) in [5.74, 6) is 0.793. The zero-order valence-corrected chi connectivity index (χ0v) is 23.6. The smallest absolute Gasteiger partial charge is 0.338 e. The number of aromatic nitrogens is 2. The highest BCUT2D eigenvalue weighted by Crippen LogP contribution is 2.50. The van der Waals surface area contributed by atoms with E-state index in [-0.39, 0.29) is 5.97 Å². The van der Waals surface area contributed by atoms with E-state index in [1.165, 1.54) is 5.56 Å². The maximum Gasteiger partial charge on any atom is 0.338 e. The maximum absolute atomic E-state index is 12.5. The van der Waals surface area contributed by atoms with E-state index in [1.54, 1.807) is 0 Å². The van der Waals surface area contributed by atoms with Gasteiger partial charge in [-0.3, -0.25) is 0 Å². The number of halogens is 2. The summed E-state index contributed by atoms with van der Waals surface area (Å²) in [6, 6.07) is 13.2. The number of benzene rings is 2. The van der Waals surface area contributed by atoms with Crippen molar-refractivity contribution in [1.29, 1.82) is 0 Å². The molecule has 38 heavy (non-hydrogen) atoms. The van der Waals surface area contributed by atoms with Crippen molar-refractivity contribution in [3.05, 3.63) is 75.5 Å². The average Bonchev–Trinajstić information content (AvgIpc) is 3.35. The third-order valence-corrected chi connectivity index (χ3v) is 8.45. The van der Waals surface area contributed by atoms with Crippen molar-refractivity contribution < 1.29 is 14.3 Å². The van der Waals surface area contributed by atoms with E-state index in [1.807, 2.05) is 74.1 Å². The molecule has 0 spiro atoms. The van der Waals surface area contributed by atoms with Crippen molar-refractivity contribution in [2.75, 3.05) is 11.4 Å². The predicted octanol–water partition coefficient (Wildman–Crippen LogP) is 7.55. The van der Waals surface area contributed by atoms with Crippen molar-refractivity contribution in [3.8, 4) is 5.69 Å². The van der Waals surface area contributed by atoms with E-state index in [4.69, 9.17) is 37.8 Å². The monoisotopic (exact) mass is 553 g/mol. The van der Waals surface area contributed by atoms with Gasteiger partial charge < -0.3 is 14.4 Å². The number of piperidine rings is 1. The number of carbonyl (C=O) groups is 1. The second kappa shape index (κ2) is 9.58. The van der Waals surface area contributed by atoms with Gasteiger partial charge in [-0.05, 0) is 107 Å². The number of para-hydroxylation sites is 1. The van der Waals surface area contributed by atoms with Crippen LogP contribution >= 0.6 is 23.2 Å². The lowest BCUT2D eigenvalue weighted by molar-refractivity contribution is -0.0471. The van der Waals surface area contributed by atoms with E-state index in [2.05, 4.69) is 4.90 Å². The van der Waals surface area contributed by atoms with E-state index in [0.29, 0.717) is 39.7 Å². The summed E-state index contributed by atoms with van der Waals surface area (Å²) in [5.41, 5.74) is 3.64. The van der Waals surface area contributed by atoms with Crippen LogP contribution in [0.4, 0.5) is 5.69 Å². The van der Waals surface area contributed by atoms with Crippen LogP contribution in [0.15, 0.2) is 48.7 Å². The third-order valence-electron chi connectivity index (χ3n) is 7.84. The largest absolute Gasteiger partial charge is 0.456 e. The van der Waals surface area contributed by atoms with Crippen LogP contribution in [0.1, 0.15) is 80.4 Å². The van der Waals surface area contributed by atoms with Crippen LogP contribution in [0.2, 0.25) is 10.0 Å². The zero-order chi connectivity index (χ0) is 26.7. The second-order valence-corrected chi connectivity index (χ2v) is 12.6. The van der Waals surface area contributed by atoms with Gasteiger partial charge in [0, 0.05) is 12.2 Å². The highest BCUT2D eigenvalue weighted by atomic mass is 35.5. The van der Waals surface area contributed by atoms with E-state index < -0.39 is 11.3 Å². The molecule has 1 saturated heterocycles. The van der Waals surface area contributed by atoms with Crippen LogP contribution in [-0.4, -0.2) is 33.6 Å². The number of nitrogens with zero attached hydrogens (tertiary/aromatic N) is 3. The van der Waals surface area contributed by atoms with Crippen molar-refractivity contribution in [2.45, 2.75) is 76.7 Å². The van der Waals surface area contributed by atoms with Crippen molar-refractivity contribution in [2.24, 2.45) is 5.92 Å². The molecule has 6 nitrogen and oxygen atoms in total. The minimum Gasteiger partial charge on any atom is -0.456 e. The highest BCUT2D eigenvalue weighted by Gasteiger charge is 2.52. The Balaban J connectivity index is 1.26. The summed E-state index contributed by atoms with van der Waals surface area (Å²) >= 11 is 13.2. The summed E-state index contributed by atoms with van der Waals surface area (Å²) in [4.78, 5) is 14.9. The first-order valence-corrected chi connectivity index (χ1v) is 14.2. The van der Waals surface area contributed by atoms with Gasteiger partial charge in [-0.15, -0.1) is 0 Å². The molecule has 2 unspecified atom stereocenters. The summed E-state index contributed by atoms with van der Waals surface area (Å²) in [5, 5.41) is 5.84. The Kier molecular flexibility index (Phi) is 6.48. The van der Waals surface area contributed by atoms with Gasteiger partial charge in [-0.25, -0.2) is 9.48 Å². The number of hydrogen-bond acceptors (Lipinski definition) is 5. The van der Waals surface area contributed by atoms with Crippen LogP contribution in [0.5, 0.6) is 0 Å². The van der Waals surface area contributed by atoms with Gasteiger partial charge in [0.1, 0.15) is 17.0 Å². The molecule has 3 aliphatic rings. The van der Waals surface area contributed by atoms with Crippen LogP contribution in [0, 0.1) is 5.92 Å². The molecule has 3 fully saturated rings. The van der Waals surface area contributed by atoms with Gasteiger partial charge in [0.15, 0.2) is 0 Å². The molecule has 2 saturated carbocycles. The number of carbonyl (C=O) groups excluding carboxylic acids is 1. The summed E-state index contributed by atoms with van der Waals surface area (Å²) in [6.07, 6.45) is 7.38. The lowest BCUT2D eigenvalue weighted by Crippen LogP contribution is -2.47. The van der Waals surface area contributed by atoms with Crippen LogP contribution in [-0.2, 0) is 16.1 Å². The molecule has 0 radical (unpaired) electrons. The fourth-order valence-electron chi connectivity index (χ4n) is 5.93. The molecule has 0 amide bonds. The minimum atomic E-state index is -0.526. The van der Waals surface area contributed by atoms with Crippen molar-refractivity contribution >= 4 is 34.9 Å². The average molecular weight is 555 g/mol. The molecule has 0 N–H and O–H groups in total. The van der Waals surface area contributed by atoms with Crippen molar-refractivity contribution in [1.82, 2.24) is 9.78 Å². The van der Waals surface area contributed by atoms with Crippen LogP contribution in [0.25, 0.3) is 5.69 Å². The highest BCUT2D eigenvalue weighted by molar-refractivity contribution is 6.37. The number of rotatable bonds is 7. The van der Waals surface area contributed by atoms with Crippen LogP contribution in [0.3, 0.4) is 0 Å². The molecule has 2 aliphatic carbocycles. The fraction of sp³-hybridized carbons (Fsp3) is 0.467. The first-order valence-electron chi connectivity index (χ1n) is 13.4. The molecule has 2 heterocycles. The van der Waals surface area contributed by atoms with Gasteiger partial charge >= 0.3 is 5.97 Å². The van der Waals surface area contributed by atoms with Gasteiger partial charge in [-0.2, -0.15) is 5.10 Å². The Morgan fingerprint density at radius 3 is 2.42 bits per heavy atom. The zero-order valence-electron chi connectivity index (χ0n) is 22.0. The van der Waals surface area contributed by atoms with E-state index in [9.17, 15) is 4.79 Å². The molecule has 200 valence electrons. The Labute approximate surface area is 233 Å². The van der Waals surface area contributed by atoms with Gasteiger partial charge in [-0.1, -0.05) is 29.3 Å².